The van der Waals surface area contributed by atoms with Gasteiger partial charge in [-0.1, -0.05) is 64.3 Å². The molecule has 0 atom stereocenters. The summed E-state index contributed by atoms with van der Waals surface area (Å²) >= 11 is 0. The van der Waals surface area contributed by atoms with Crippen molar-refractivity contribution in [3.63, 3.8) is 0 Å². The topological polar surface area (TPSA) is 40.5 Å². The first-order valence-electron chi connectivity index (χ1n) is 9.38. The Hall–Kier alpha value is -1.96. The molecule has 0 amide bonds. The molecule has 25 heavy (non-hydrogen) atoms. The van der Waals surface area contributed by atoms with Gasteiger partial charge < -0.3 is 10.2 Å². The van der Waals surface area contributed by atoms with E-state index in [-0.39, 0.29) is 10.8 Å². The lowest BCUT2D eigenvalue weighted by Gasteiger charge is -2.39. The van der Waals surface area contributed by atoms with E-state index in [9.17, 15) is 10.2 Å². The first-order valence-corrected chi connectivity index (χ1v) is 9.38. The van der Waals surface area contributed by atoms with E-state index in [4.69, 9.17) is 0 Å². The number of aryl methyl sites for hydroxylation is 1. The number of phenols is 2. The van der Waals surface area contributed by atoms with Gasteiger partial charge >= 0.3 is 0 Å². The Morgan fingerprint density at radius 1 is 0.800 bits per heavy atom. The number of benzene rings is 2. The van der Waals surface area contributed by atoms with Crippen molar-refractivity contribution >= 4 is 0 Å². The second-order valence-corrected chi connectivity index (χ2v) is 8.63. The van der Waals surface area contributed by atoms with E-state index >= 15 is 0 Å². The maximum atomic E-state index is 10.4. The van der Waals surface area contributed by atoms with Crippen LogP contribution >= 0.6 is 0 Å². The van der Waals surface area contributed by atoms with E-state index < -0.39 is 0 Å². The van der Waals surface area contributed by atoms with Crippen LogP contribution in [0.1, 0.15) is 75.1 Å². The Balaban J connectivity index is 2.18. The van der Waals surface area contributed by atoms with Crippen molar-refractivity contribution in [2.45, 2.75) is 70.6 Å². The predicted molar refractivity (Wildman–Crippen MR) is 104 cm³/mol. The third-order valence-electron chi connectivity index (χ3n) is 5.81. The molecule has 0 unspecified atom stereocenters. The third-order valence-corrected chi connectivity index (χ3v) is 5.81. The van der Waals surface area contributed by atoms with Gasteiger partial charge in [0.25, 0.3) is 0 Å². The lowest BCUT2D eigenvalue weighted by molar-refractivity contribution is 0.344. The largest absolute Gasteiger partial charge is 0.508 e. The van der Waals surface area contributed by atoms with Gasteiger partial charge in [0.2, 0.25) is 0 Å². The molecule has 2 heteroatoms. The fourth-order valence-electron chi connectivity index (χ4n) is 4.29. The first kappa shape index (κ1) is 17.8. The summed E-state index contributed by atoms with van der Waals surface area (Å²) in [5.74, 6) is 0.736. The van der Waals surface area contributed by atoms with Crippen molar-refractivity contribution < 1.29 is 10.2 Å². The highest BCUT2D eigenvalue weighted by Crippen LogP contribution is 2.47. The fourth-order valence-corrected chi connectivity index (χ4v) is 4.29. The lowest BCUT2D eigenvalue weighted by Crippen LogP contribution is -2.31. The van der Waals surface area contributed by atoms with Crippen LogP contribution in [-0.4, -0.2) is 10.2 Å². The van der Waals surface area contributed by atoms with Gasteiger partial charge in [-0.15, -0.1) is 0 Å². The number of hydrogen-bond acceptors (Lipinski definition) is 2. The van der Waals surface area contributed by atoms with E-state index in [1.54, 1.807) is 0 Å². The molecule has 0 radical (unpaired) electrons. The lowest BCUT2D eigenvalue weighted by atomic mass is 9.64. The summed E-state index contributed by atoms with van der Waals surface area (Å²) in [5.41, 5.74) is 4.39. The second kappa shape index (κ2) is 6.40. The number of hydrogen-bond donors (Lipinski definition) is 2. The summed E-state index contributed by atoms with van der Waals surface area (Å²) in [6.45, 7) is 8.39. The van der Waals surface area contributed by atoms with Crippen LogP contribution in [0, 0.1) is 6.92 Å². The van der Waals surface area contributed by atoms with Crippen LogP contribution < -0.4 is 0 Å². The molecule has 1 aliphatic rings. The van der Waals surface area contributed by atoms with Crippen molar-refractivity contribution in [3.05, 3.63) is 58.7 Å². The Bertz CT molecular complexity index is 762. The van der Waals surface area contributed by atoms with Crippen molar-refractivity contribution in [2.75, 3.05) is 0 Å². The molecule has 0 bridgehead atoms. The molecule has 134 valence electrons. The van der Waals surface area contributed by atoms with Crippen LogP contribution in [0.15, 0.2) is 36.4 Å². The standard InChI is InChI=1S/C23H30O2/c1-16-14-17(8-10-20(16)24)23(12-6-5-7-13-23)18-9-11-21(25)19(15-18)22(2,3)4/h8-11,14-15,24-25H,5-7,12-13H2,1-4H3. The van der Waals surface area contributed by atoms with Crippen molar-refractivity contribution in [1.82, 2.24) is 0 Å². The van der Waals surface area contributed by atoms with Crippen LogP contribution in [0.2, 0.25) is 0 Å². The van der Waals surface area contributed by atoms with Crippen molar-refractivity contribution in [3.8, 4) is 11.5 Å². The molecule has 2 aromatic rings. The van der Waals surface area contributed by atoms with Crippen molar-refractivity contribution in [2.24, 2.45) is 0 Å². The maximum Gasteiger partial charge on any atom is 0.119 e. The SMILES string of the molecule is Cc1cc(C2(c3ccc(O)c(C(C)(C)C)c3)CCCCC2)ccc1O. The minimum atomic E-state index is -0.0964. The molecule has 0 heterocycles. The number of rotatable bonds is 2. The quantitative estimate of drug-likeness (QED) is 0.710. The van der Waals surface area contributed by atoms with Gasteiger partial charge in [-0.2, -0.15) is 0 Å². The van der Waals surface area contributed by atoms with E-state index in [1.165, 1.54) is 30.4 Å². The molecular formula is C23H30O2. The molecule has 0 saturated heterocycles. The first-order chi connectivity index (χ1) is 11.7. The summed E-state index contributed by atoms with van der Waals surface area (Å²) < 4.78 is 0. The zero-order valence-electron chi connectivity index (χ0n) is 15.9. The Morgan fingerprint density at radius 2 is 1.36 bits per heavy atom. The van der Waals surface area contributed by atoms with Crippen LogP contribution in [-0.2, 0) is 10.8 Å². The van der Waals surface area contributed by atoms with Gasteiger partial charge in [-0.25, -0.2) is 0 Å². The third kappa shape index (κ3) is 3.27. The van der Waals surface area contributed by atoms with Gasteiger partial charge in [-0.05, 0) is 59.6 Å². The van der Waals surface area contributed by atoms with Crippen LogP contribution in [0.25, 0.3) is 0 Å². The summed E-state index contributed by atoms with van der Waals surface area (Å²) in [7, 11) is 0. The number of phenolic OH excluding ortho intramolecular Hbond substituents is 2. The molecule has 2 N–H and O–H groups in total. The van der Waals surface area contributed by atoms with Crippen LogP contribution in [0.4, 0.5) is 0 Å². The monoisotopic (exact) mass is 338 g/mol. The summed E-state index contributed by atoms with van der Waals surface area (Å²) in [6, 6.07) is 12.2. The summed E-state index contributed by atoms with van der Waals surface area (Å²) in [5, 5.41) is 20.3. The highest BCUT2D eigenvalue weighted by Gasteiger charge is 2.37. The highest BCUT2D eigenvalue weighted by molar-refractivity contribution is 5.49. The van der Waals surface area contributed by atoms with Gasteiger partial charge in [0.15, 0.2) is 0 Å². The van der Waals surface area contributed by atoms with Crippen molar-refractivity contribution in [1.29, 1.82) is 0 Å². The zero-order valence-corrected chi connectivity index (χ0v) is 15.9. The summed E-state index contributed by atoms with van der Waals surface area (Å²) in [4.78, 5) is 0. The normalized spacial score (nSPS) is 17.4. The second-order valence-electron chi connectivity index (χ2n) is 8.63. The molecular weight excluding hydrogens is 308 g/mol. The summed E-state index contributed by atoms with van der Waals surface area (Å²) in [6.07, 6.45) is 5.94. The molecule has 0 aromatic heterocycles. The van der Waals surface area contributed by atoms with Gasteiger partial charge in [0.05, 0.1) is 0 Å². The average molecular weight is 338 g/mol. The van der Waals surface area contributed by atoms with Gasteiger partial charge in [0.1, 0.15) is 11.5 Å². The molecule has 0 spiro atoms. The smallest absolute Gasteiger partial charge is 0.119 e. The van der Waals surface area contributed by atoms with E-state index in [1.807, 2.05) is 19.1 Å². The minimum absolute atomic E-state index is 0.0234. The van der Waals surface area contributed by atoms with Crippen LogP contribution in [0.3, 0.4) is 0 Å². The molecule has 1 fully saturated rings. The van der Waals surface area contributed by atoms with E-state index in [0.29, 0.717) is 11.5 Å². The maximum absolute atomic E-state index is 10.4. The predicted octanol–water partition coefficient (Wildman–Crippen LogP) is 5.95. The molecule has 1 saturated carbocycles. The van der Waals surface area contributed by atoms with E-state index in [0.717, 1.165) is 24.0 Å². The molecule has 2 aromatic carbocycles. The average Bonchev–Trinajstić information content (AvgIpc) is 2.57. The Labute approximate surface area is 151 Å². The Kier molecular flexibility index (Phi) is 4.57. The number of aromatic hydroxyl groups is 2. The molecule has 0 aliphatic heterocycles. The minimum Gasteiger partial charge on any atom is -0.508 e. The molecule has 1 aliphatic carbocycles. The molecule has 3 rings (SSSR count). The van der Waals surface area contributed by atoms with Gasteiger partial charge in [0, 0.05) is 5.41 Å². The zero-order chi connectivity index (χ0) is 18.2. The molecule has 2 nitrogen and oxygen atoms in total. The fraction of sp³-hybridized carbons (Fsp3) is 0.478. The van der Waals surface area contributed by atoms with E-state index in [2.05, 4.69) is 45.0 Å². The highest BCUT2D eigenvalue weighted by atomic mass is 16.3. The van der Waals surface area contributed by atoms with Gasteiger partial charge in [-0.3, -0.25) is 0 Å². The Morgan fingerprint density at radius 3 is 1.92 bits per heavy atom. The van der Waals surface area contributed by atoms with Crippen LogP contribution in [0.5, 0.6) is 11.5 Å².